The van der Waals surface area contributed by atoms with E-state index < -0.39 is 0 Å². The molecular weight excluding hydrogens is 220 g/mol. The molecule has 2 rings (SSSR count). The molecule has 0 aliphatic rings. The molecule has 0 amide bonds. The van der Waals surface area contributed by atoms with Crippen LogP contribution in [-0.4, -0.2) is 14.7 Å². The van der Waals surface area contributed by atoms with Gasteiger partial charge in [-0.05, 0) is 19.1 Å². The zero-order valence-electron chi connectivity index (χ0n) is 9.13. The number of aryl methyl sites for hydroxylation is 1. The van der Waals surface area contributed by atoms with E-state index in [9.17, 15) is 5.11 Å². The highest BCUT2D eigenvalue weighted by Gasteiger charge is 2.04. The molecule has 0 aliphatic carbocycles. The topological polar surface area (TPSA) is 38.0 Å². The third kappa shape index (κ3) is 2.39. The van der Waals surface area contributed by atoms with Crippen molar-refractivity contribution in [3.8, 4) is 5.75 Å². The van der Waals surface area contributed by atoms with Crippen LogP contribution in [0.5, 0.6) is 5.75 Å². The van der Waals surface area contributed by atoms with E-state index in [2.05, 4.69) is 16.5 Å². The summed E-state index contributed by atoms with van der Waals surface area (Å²) >= 11 is 1.60. The maximum Gasteiger partial charge on any atom is 0.129 e. The lowest BCUT2D eigenvalue weighted by atomic mass is 10.3. The number of thioether (sulfide) groups is 1. The fourth-order valence-corrected chi connectivity index (χ4v) is 2.41. The molecule has 1 aromatic heterocycles. The molecule has 4 heteroatoms. The Labute approximate surface area is 99.1 Å². The van der Waals surface area contributed by atoms with Crippen molar-refractivity contribution >= 4 is 11.8 Å². The summed E-state index contributed by atoms with van der Waals surface area (Å²) in [6.45, 7) is 3.02. The van der Waals surface area contributed by atoms with Gasteiger partial charge in [0.2, 0.25) is 0 Å². The Hall–Kier alpha value is -1.42. The molecule has 1 heterocycles. The lowest BCUT2D eigenvalue weighted by molar-refractivity contribution is 0.462. The van der Waals surface area contributed by atoms with Gasteiger partial charge in [0.25, 0.3) is 0 Å². The third-order valence-corrected chi connectivity index (χ3v) is 3.42. The van der Waals surface area contributed by atoms with Crippen molar-refractivity contribution in [2.75, 3.05) is 0 Å². The van der Waals surface area contributed by atoms with E-state index in [0.29, 0.717) is 5.75 Å². The quantitative estimate of drug-likeness (QED) is 0.827. The van der Waals surface area contributed by atoms with Crippen LogP contribution in [-0.2, 0) is 12.3 Å². The van der Waals surface area contributed by atoms with E-state index in [1.807, 2.05) is 30.6 Å². The number of para-hydroxylation sites is 1. The van der Waals surface area contributed by atoms with Gasteiger partial charge in [-0.25, -0.2) is 4.98 Å². The second kappa shape index (κ2) is 5.07. The van der Waals surface area contributed by atoms with Crippen molar-refractivity contribution in [1.29, 1.82) is 0 Å². The van der Waals surface area contributed by atoms with E-state index in [4.69, 9.17) is 0 Å². The fourth-order valence-electron chi connectivity index (χ4n) is 1.49. The predicted molar refractivity (Wildman–Crippen MR) is 65.6 cm³/mol. The van der Waals surface area contributed by atoms with Crippen LogP contribution in [0.15, 0.2) is 41.6 Å². The van der Waals surface area contributed by atoms with Gasteiger partial charge < -0.3 is 9.67 Å². The van der Waals surface area contributed by atoms with Crippen molar-refractivity contribution in [3.05, 3.63) is 42.5 Å². The summed E-state index contributed by atoms with van der Waals surface area (Å²) in [5.41, 5.74) is 0. The lowest BCUT2D eigenvalue weighted by Crippen LogP contribution is -1.98. The van der Waals surface area contributed by atoms with Crippen LogP contribution in [0.25, 0.3) is 0 Å². The third-order valence-electron chi connectivity index (χ3n) is 2.36. The van der Waals surface area contributed by atoms with E-state index in [-0.39, 0.29) is 0 Å². The monoisotopic (exact) mass is 234 g/mol. The number of nitrogens with zero attached hydrogens (tertiary/aromatic N) is 2. The molecular formula is C12H14N2OS. The minimum absolute atomic E-state index is 0.335. The molecule has 16 heavy (non-hydrogen) atoms. The molecule has 0 fully saturated rings. The number of aromatic hydroxyl groups is 1. The minimum Gasteiger partial charge on any atom is -0.507 e. The van der Waals surface area contributed by atoms with Gasteiger partial charge >= 0.3 is 0 Å². The standard InChI is InChI=1S/C12H14N2OS/c1-2-14-8-7-13-12(14)9-16-11-6-4-3-5-10(11)15/h3-8,15H,2,9H2,1H3. The number of aromatic nitrogens is 2. The van der Waals surface area contributed by atoms with E-state index in [1.165, 1.54) is 0 Å². The molecule has 0 spiro atoms. The molecule has 0 unspecified atom stereocenters. The van der Waals surface area contributed by atoms with Gasteiger partial charge in [0.05, 0.1) is 5.75 Å². The molecule has 0 bridgehead atoms. The molecule has 0 radical (unpaired) electrons. The van der Waals surface area contributed by atoms with Gasteiger partial charge in [0.1, 0.15) is 11.6 Å². The Kier molecular flexibility index (Phi) is 3.51. The van der Waals surface area contributed by atoms with Gasteiger partial charge in [-0.2, -0.15) is 0 Å². The molecule has 3 nitrogen and oxygen atoms in total. The first-order valence-corrected chi connectivity index (χ1v) is 6.20. The van der Waals surface area contributed by atoms with Crippen LogP contribution >= 0.6 is 11.8 Å². The van der Waals surface area contributed by atoms with Gasteiger partial charge in [-0.15, -0.1) is 11.8 Å². The van der Waals surface area contributed by atoms with Crippen LogP contribution in [0, 0.1) is 0 Å². The second-order valence-corrected chi connectivity index (χ2v) is 4.40. The van der Waals surface area contributed by atoms with Crippen molar-refractivity contribution in [3.63, 3.8) is 0 Å². The van der Waals surface area contributed by atoms with E-state index in [0.717, 1.165) is 23.0 Å². The highest BCUT2D eigenvalue weighted by Crippen LogP contribution is 2.29. The van der Waals surface area contributed by atoms with Crippen LogP contribution in [0.3, 0.4) is 0 Å². The summed E-state index contributed by atoms with van der Waals surface area (Å²) in [4.78, 5) is 5.19. The van der Waals surface area contributed by atoms with E-state index in [1.54, 1.807) is 17.8 Å². The Morgan fingerprint density at radius 1 is 1.38 bits per heavy atom. The molecule has 0 saturated carbocycles. The van der Waals surface area contributed by atoms with E-state index >= 15 is 0 Å². The normalized spacial score (nSPS) is 10.6. The summed E-state index contributed by atoms with van der Waals surface area (Å²) in [6.07, 6.45) is 3.78. The Bertz CT molecular complexity index is 468. The number of rotatable bonds is 4. The maximum atomic E-state index is 9.62. The van der Waals surface area contributed by atoms with Crippen LogP contribution in [0.2, 0.25) is 0 Å². The minimum atomic E-state index is 0.335. The van der Waals surface area contributed by atoms with Gasteiger partial charge in [-0.1, -0.05) is 12.1 Å². The summed E-state index contributed by atoms with van der Waals surface area (Å²) in [5.74, 6) is 2.15. The summed E-state index contributed by atoms with van der Waals surface area (Å²) in [5, 5.41) is 9.62. The molecule has 0 atom stereocenters. The Balaban J connectivity index is 2.05. The van der Waals surface area contributed by atoms with Crippen molar-refractivity contribution < 1.29 is 5.11 Å². The number of phenolic OH excluding ortho intramolecular Hbond substituents is 1. The van der Waals surface area contributed by atoms with Crippen LogP contribution < -0.4 is 0 Å². The first-order chi connectivity index (χ1) is 7.81. The van der Waals surface area contributed by atoms with Crippen molar-refractivity contribution in [1.82, 2.24) is 9.55 Å². The fraction of sp³-hybridized carbons (Fsp3) is 0.250. The first kappa shape index (κ1) is 11.1. The van der Waals surface area contributed by atoms with Crippen molar-refractivity contribution in [2.45, 2.75) is 24.1 Å². The average molecular weight is 234 g/mol. The Morgan fingerprint density at radius 3 is 2.94 bits per heavy atom. The number of imidazole rings is 1. The van der Waals surface area contributed by atoms with Gasteiger partial charge in [-0.3, -0.25) is 0 Å². The van der Waals surface area contributed by atoms with Crippen LogP contribution in [0.4, 0.5) is 0 Å². The zero-order chi connectivity index (χ0) is 11.4. The Morgan fingerprint density at radius 2 is 2.19 bits per heavy atom. The average Bonchev–Trinajstić information content (AvgIpc) is 2.75. The number of benzene rings is 1. The highest BCUT2D eigenvalue weighted by atomic mass is 32.2. The largest absolute Gasteiger partial charge is 0.507 e. The number of hydrogen-bond acceptors (Lipinski definition) is 3. The number of phenols is 1. The summed E-state index contributed by atoms with van der Waals surface area (Å²) in [6, 6.07) is 7.37. The lowest BCUT2D eigenvalue weighted by Gasteiger charge is -2.05. The van der Waals surface area contributed by atoms with Crippen molar-refractivity contribution in [2.24, 2.45) is 0 Å². The SMILES string of the molecule is CCn1ccnc1CSc1ccccc1O. The molecule has 1 N–H and O–H groups in total. The van der Waals surface area contributed by atoms with Gasteiger partial charge in [0, 0.05) is 23.8 Å². The summed E-state index contributed by atoms with van der Waals surface area (Å²) in [7, 11) is 0. The molecule has 84 valence electrons. The van der Waals surface area contributed by atoms with Gasteiger partial charge in [0.15, 0.2) is 0 Å². The molecule has 0 saturated heterocycles. The maximum absolute atomic E-state index is 9.62. The zero-order valence-corrected chi connectivity index (χ0v) is 9.94. The first-order valence-electron chi connectivity index (χ1n) is 5.22. The number of hydrogen-bond donors (Lipinski definition) is 1. The molecule has 2 aromatic rings. The predicted octanol–water partition coefficient (Wildman–Crippen LogP) is 2.90. The molecule has 1 aromatic carbocycles. The second-order valence-electron chi connectivity index (χ2n) is 3.39. The van der Waals surface area contributed by atoms with Crippen LogP contribution in [0.1, 0.15) is 12.7 Å². The summed E-state index contributed by atoms with van der Waals surface area (Å²) < 4.78 is 2.10. The molecule has 0 aliphatic heterocycles. The smallest absolute Gasteiger partial charge is 0.129 e. The highest BCUT2D eigenvalue weighted by molar-refractivity contribution is 7.98.